The van der Waals surface area contributed by atoms with Crippen molar-refractivity contribution in [3.63, 3.8) is 0 Å². The van der Waals surface area contributed by atoms with E-state index in [0.29, 0.717) is 0 Å². The fourth-order valence-electron chi connectivity index (χ4n) is 1.46. The predicted octanol–water partition coefficient (Wildman–Crippen LogP) is 0.407. The summed E-state index contributed by atoms with van der Waals surface area (Å²) in [7, 11) is 0. The highest BCUT2D eigenvalue weighted by Gasteiger charge is 2.20. The predicted molar refractivity (Wildman–Crippen MR) is 67.9 cm³/mol. The Morgan fingerprint density at radius 2 is 2.20 bits per heavy atom. The van der Waals surface area contributed by atoms with Crippen molar-refractivity contribution in [3.8, 4) is 0 Å². The van der Waals surface area contributed by atoms with Crippen LogP contribution in [-0.2, 0) is 16.1 Å². The van der Waals surface area contributed by atoms with Gasteiger partial charge in [-0.25, -0.2) is 0 Å². The first-order chi connectivity index (χ1) is 9.31. The molecule has 0 spiro atoms. The zero-order chi connectivity index (χ0) is 15.3. The third-order valence-corrected chi connectivity index (χ3v) is 2.93. The summed E-state index contributed by atoms with van der Waals surface area (Å²) in [5, 5.41) is 21.8. The van der Waals surface area contributed by atoms with Crippen LogP contribution in [0.1, 0.15) is 20.3 Å². The van der Waals surface area contributed by atoms with Crippen LogP contribution in [0, 0.1) is 16.0 Å². The number of aromatic nitrogens is 2. The number of nitrogens with zero attached hydrogens (tertiary/aromatic N) is 3. The summed E-state index contributed by atoms with van der Waals surface area (Å²) >= 11 is 0. The second-order valence-electron chi connectivity index (χ2n) is 4.46. The molecule has 0 radical (unpaired) electrons. The smallest absolute Gasteiger partial charge is 0.381 e. The van der Waals surface area contributed by atoms with Crippen LogP contribution in [0.15, 0.2) is 12.5 Å². The maximum absolute atomic E-state index is 11.6. The van der Waals surface area contributed by atoms with Crippen LogP contribution in [0.3, 0.4) is 0 Å². The van der Waals surface area contributed by atoms with Crippen molar-refractivity contribution in [1.29, 1.82) is 0 Å². The lowest BCUT2D eigenvalue weighted by Crippen LogP contribution is -2.40. The van der Waals surface area contributed by atoms with E-state index in [1.807, 2.05) is 0 Å². The van der Waals surface area contributed by atoms with Gasteiger partial charge in [-0.3, -0.25) is 9.59 Å². The number of carboxylic acid groups (broad SMARTS) is 1. The zero-order valence-electron chi connectivity index (χ0n) is 11.1. The molecule has 9 heteroatoms. The Bertz CT molecular complexity index is 513. The van der Waals surface area contributed by atoms with Gasteiger partial charge in [-0.2, -0.15) is 0 Å². The summed E-state index contributed by atoms with van der Waals surface area (Å²) in [5.74, 6) is -2.27. The molecule has 0 aliphatic rings. The van der Waals surface area contributed by atoms with E-state index in [9.17, 15) is 19.7 Å². The molecule has 0 fully saturated rings. The fourth-order valence-corrected chi connectivity index (χ4v) is 1.46. The van der Waals surface area contributed by atoms with E-state index in [2.05, 4.69) is 10.3 Å². The summed E-state index contributed by atoms with van der Waals surface area (Å²) in [4.78, 5) is 35.7. The topological polar surface area (TPSA) is 127 Å². The monoisotopic (exact) mass is 284 g/mol. The second kappa shape index (κ2) is 6.64. The molecule has 2 N–H and O–H groups in total. The Morgan fingerprint density at radius 1 is 1.55 bits per heavy atom. The second-order valence-corrected chi connectivity index (χ2v) is 4.46. The molecule has 9 nitrogen and oxygen atoms in total. The lowest BCUT2D eigenvalue weighted by molar-refractivity contribution is -0.389. The molecule has 1 rings (SSSR count). The standard InChI is InChI=1S/C11H16N4O5/c1-7(11(17)18)8(2)13-10(16)3-4-14-5-9(12-6-14)15(19)20/h5-8H,3-4H2,1-2H3,(H,13,16)(H,17,18). The molecule has 1 heterocycles. The number of amides is 1. The van der Waals surface area contributed by atoms with E-state index in [4.69, 9.17) is 5.11 Å². The minimum atomic E-state index is -0.983. The van der Waals surface area contributed by atoms with Gasteiger partial charge < -0.3 is 25.1 Å². The number of carbonyl (C=O) groups excluding carboxylic acids is 1. The number of hydrogen-bond acceptors (Lipinski definition) is 5. The van der Waals surface area contributed by atoms with Crippen molar-refractivity contribution in [3.05, 3.63) is 22.6 Å². The van der Waals surface area contributed by atoms with Gasteiger partial charge in [0.15, 0.2) is 0 Å². The molecule has 0 aromatic carbocycles. The molecule has 0 bridgehead atoms. The average Bonchev–Trinajstić information content (AvgIpc) is 2.84. The number of carboxylic acids is 1. The van der Waals surface area contributed by atoms with Crippen LogP contribution >= 0.6 is 0 Å². The van der Waals surface area contributed by atoms with Crippen LogP contribution in [0.5, 0.6) is 0 Å². The number of rotatable bonds is 7. The first kappa shape index (κ1) is 15.6. The summed E-state index contributed by atoms with van der Waals surface area (Å²) in [5.41, 5.74) is 0. The molecule has 1 amide bonds. The highest BCUT2D eigenvalue weighted by Crippen LogP contribution is 2.07. The van der Waals surface area contributed by atoms with Crippen molar-refractivity contribution in [2.45, 2.75) is 32.9 Å². The number of hydrogen-bond donors (Lipinski definition) is 2. The molecule has 2 unspecified atom stereocenters. The Kier molecular flexibility index (Phi) is 5.18. The summed E-state index contributed by atoms with van der Waals surface area (Å²) in [6.45, 7) is 3.35. The van der Waals surface area contributed by atoms with E-state index >= 15 is 0 Å². The van der Waals surface area contributed by atoms with Crippen LogP contribution in [0.25, 0.3) is 0 Å². The minimum absolute atomic E-state index is 0.0875. The van der Waals surface area contributed by atoms with Gasteiger partial charge in [0.2, 0.25) is 12.2 Å². The molecule has 0 saturated heterocycles. The van der Waals surface area contributed by atoms with Crippen molar-refractivity contribution in [1.82, 2.24) is 14.9 Å². The molecule has 0 saturated carbocycles. The Balaban J connectivity index is 2.43. The minimum Gasteiger partial charge on any atom is -0.481 e. The van der Waals surface area contributed by atoms with Gasteiger partial charge in [0.1, 0.15) is 6.20 Å². The van der Waals surface area contributed by atoms with Crippen LogP contribution in [-0.4, -0.2) is 37.5 Å². The number of carbonyl (C=O) groups is 2. The van der Waals surface area contributed by atoms with Crippen molar-refractivity contribution in [2.75, 3.05) is 0 Å². The zero-order valence-corrected chi connectivity index (χ0v) is 11.1. The molecule has 110 valence electrons. The van der Waals surface area contributed by atoms with E-state index in [1.165, 1.54) is 24.0 Å². The number of aliphatic carboxylic acids is 1. The van der Waals surface area contributed by atoms with Gasteiger partial charge in [-0.15, -0.1) is 0 Å². The highest BCUT2D eigenvalue weighted by atomic mass is 16.6. The quantitative estimate of drug-likeness (QED) is 0.551. The van der Waals surface area contributed by atoms with Crippen LogP contribution in [0.2, 0.25) is 0 Å². The number of nitro groups is 1. The third-order valence-electron chi connectivity index (χ3n) is 2.93. The maximum atomic E-state index is 11.6. The molecule has 20 heavy (non-hydrogen) atoms. The van der Waals surface area contributed by atoms with Gasteiger partial charge in [-0.05, 0) is 23.8 Å². The third kappa shape index (κ3) is 4.34. The largest absolute Gasteiger partial charge is 0.481 e. The maximum Gasteiger partial charge on any atom is 0.381 e. The Morgan fingerprint density at radius 3 is 2.70 bits per heavy atom. The molecule has 1 aromatic heterocycles. The molecule has 2 atom stereocenters. The van der Waals surface area contributed by atoms with Crippen molar-refractivity contribution >= 4 is 17.7 Å². The molecule has 0 aliphatic heterocycles. The van der Waals surface area contributed by atoms with E-state index in [0.717, 1.165) is 0 Å². The molecule has 0 aliphatic carbocycles. The van der Waals surface area contributed by atoms with E-state index in [-0.39, 0.29) is 24.7 Å². The number of imidazole rings is 1. The van der Waals surface area contributed by atoms with Crippen LogP contribution in [0.4, 0.5) is 5.82 Å². The lowest BCUT2D eigenvalue weighted by Gasteiger charge is -2.17. The number of aryl methyl sites for hydroxylation is 1. The van der Waals surface area contributed by atoms with Crippen molar-refractivity contribution < 1.29 is 19.6 Å². The fraction of sp³-hybridized carbons (Fsp3) is 0.545. The van der Waals surface area contributed by atoms with Crippen LogP contribution < -0.4 is 5.32 Å². The lowest BCUT2D eigenvalue weighted by atomic mass is 10.0. The molecular weight excluding hydrogens is 268 g/mol. The first-order valence-electron chi connectivity index (χ1n) is 5.99. The van der Waals surface area contributed by atoms with Crippen molar-refractivity contribution in [2.24, 2.45) is 5.92 Å². The Hall–Kier alpha value is -2.45. The summed E-state index contributed by atoms with van der Waals surface area (Å²) in [6.07, 6.45) is 2.59. The summed E-state index contributed by atoms with van der Waals surface area (Å²) in [6, 6.07) is -0.489. The SMILES string of the molecule is CC(NC(=O)CCn1cnc([N+](=O)[O-])c1)C(C)C(=O)O. The first-order valence-corrected chi connectivity index (χ1v) is 5.99. The van der Waals surface area contributed by atoms with Gasteiger partial charge in [0.25, 0.3) is 0 Å². The van der Waals surface area contributed by atoms with Gasteiger partial charge in [0, 0.05) is 19.0 Å². The van der Waals surface area contributed by atoms with Gasteiger partial charge in [-0.1, -0.05) is 0 Å². The molecule has 1 aromatic rings. The average molecular weight is 284 g/mol. The van der Waals surface area contributed by atoms with Gasteiger partial charge in [0.05, 0.1) is 5.92 Å². The highest BCUT2D eigenvalue weighted by molar-refractivity contribution is 5.77. The molecular formula is C11H16N4O5. The number of nitrogens with one attached hydrogen (secondary N) is 1. The van der Waals surface area contributed by atoms with E-state index < -0.39 is 22.9 Å². The normalized spacial score (nSPS) is 13.5. The van der Waals surface area contributed by atoms with E-state index in [1.54, 1.807) is 6.92 Å². The van der Waals surface area contributed by atoms with Gasteiger partial charge >= 0.3 is 11.8 Å². The summed E-state index contributed by atoms with van der Waals surface area (Å²) < 4.78 is 1.43. The Labute approximate surface area is 114 Å².